The van der Waals surface area contributed by atoms with Gasteiger partial charge in [0.1, 0.15) is 11.5 Å². The highest BCUT2D eigenvalue weighted by molar-refractivity contribution is 9.10. The molecule has 1 unspecified atom stereocenters. The smallest absolute Gasteiger partial charge is 0.133 e. The van der Waals surface area contributed by atoms with Gasteiger partial charge in [-0.3, -0.25) is 0 Å². The number of hydrogen-bond acceptors (Lipinski definition) is 3. The number of nitrogens with one attached hydrogen (secondary N) is 1. The van der Waals surface area contributed by atoms with E-state index >= 15 is 0 Å². The van der Waals surface area contributed by atoms with E-state index in [1.165, 1.54) is 5.56 Å². The third-order valence-corrected chi connectivity index (χ3v) is 4.41. The van der Waals surface area contributed by atoms with Crippen molar-refractivity contribution in [2.75, 3.05) is 25.6 Å². The maximum absolute atomic E-state index is 5.70. The molecule has 1 heterocycles. The van der Waals surface area contributed by atoms with Gasteiger partial charge in [-0.05, 0) is 52.2 Å². The molecular formula is C17H18BrNO2. The maximum atomic E-state index is 5.70. The summed E-state index contributed by atoms with van der Waals surface area (Å²) in [6, 6.07) is 14.3. The molecule has 0 saturated carbocycles. The summed E-state index contributed by atoms with van der Waals surface area (Å²) in [4.78, 5) is 0. The van der Waals surface area contributed by atoms with Gasteiger partial charge in [-0.2, -0.15) is 0 Å². The molecule has 0 aromatic heterocycles. The highest BCUT2D eigenvalue weighted by Gasteiger charge is 2.20. The fourth-order valence-corrected chi connectivity index (χ4v) is 3.19. The first kappa shape index (κ1) is 14.3. The van der Waals surface area contributed by atoms with Crippen LogP contribution in [0.2, 0.25) is 0 Å². The van der Waals surface area contributed by atoms with Gasteiger partial charge >= 0.3 is 0 Å². The molecule has 2 aromatic rings. The number of benzene rings is 2. The van der Waals surface area contributed by atoms with Crippen molar-refractivity contribution < 1.29 is 9.47 Å². The van der Waals surface area contributed by atoms with Crippen LogP contribution in [0.3, 0.4) is 0 Å². The summed E-state index contributed by atoms with van der Waals surface area (Å²) in [5.74, 6) is 2.35. The molecule has 0 radical (unpaired) electrons. The fourth-order valence-electron chi connectivity index (χ4n) is 2.65. The third-order valence-electron chi connectivity index (χ3n) is 3.79. The molecule has 0 saturated heterocycles. The molecule has 4 heteroatoms. The predicted octanol–water partition coefficient (Wildman–Crippen LogP) is 4.44. The van der Waals surface area contributed by atoms with Gasteiger partial charge in [0, 0.05) is 18.2 Å². The molecule has 3 nitrogen and oxygen atoms in total. The number of ether oxygens (including phenoxy) is 2. The quantitative estimate of drug-likeness (QED) is 0.886. The fraction of sp³-hybridized carbons (Fsp3) is 0.294. The molecule has 110 valence electrons. The molecular weight excluding hydrogens is 330 g/mol. The average molecular weight is 348 g/mol. The number of rotatable bonds is 4. The highest BCUT2D eigenvalue weighted by Crippen LogP contribution is 2.34. The van der Waals surface area contributed by atoms with E-state index in [0.717, 1.165) is 41.2 Å². The summed E-state index contributed by atoms with van der Waals surface area (Å²) in [7, 11) is 1.67. The summed E-state index contributed by atoms with van der Waals surface area (Å²) in [6.07, 6.45) is 1.04. The van der Waals surface area contributed by atoms with E-state index in [9.17, 15) is 0 Å². The Labute approximate surface area is 133 Å². The number of anilines is 1. The maximum Gasteiger partial charge on any atom is 0.133 e. The zero-order valence-corrected chi connectivity index (χ0v) is 13.5. The van der Waals surface area contributed by atoms with Crippen molar-refractivity contribution in [1.29, 1.82) is 0 Å². The molecule has 3 rings (SSSR count). The van der Waals surface area contributed by atoms with E-state index in [-0.39, 0.29) is 0 Å². The van der Waals surface area contributed by atoms with E-state index < -0.39 is 0 Å². The molecule has 0 amide bonds. The Bertz CT molecular complexity index is 630. The highest BCUT2D eigenvalue weighted by atomic mass is 79.9. The van der Waals surface area contributed by atoms with Crippen LogP contribution in [0.1, 0.15) is 17.9 Å². The second-order valence-electron chi connectivity index (χ2n) is 5.10. The largest absolute Gasteiger partial charge is 0.496 e. The van der Waals surface area contributed by atoms with Crippen molar-refractivity contribution in [3.8, 4) is 11.5 Å². The lowest BCUT2D eigenvalue weighted by atomic mass is 9.93. The minimum atomic E-state index is 0.482. The first-order valence-corrected chi connectivity index (χ1v) is 7.86. The number of para-hydroxylation sites is 1. The molecule has 0 fully saturated rings. The molecule has 2 aromatic carbocycles. The average Bonchev–Trinajstić information content (AvgIpc) is 2.53. The van der Waals surface area contributed by atoms with Gasteiger partial charge in [0.15, 0.2) is 0 Å². The molecule has 1 aliphatic rings. The van der Waals surface area contributed by atoms with Gasteiger partial charge in [0.2, 0.25) is 0 Å². The molecule has 1 aliphatic heterocycles. The molecule has 1 N–H and O–H groups in total. The minimum Gasteiger partial charge on any atom is -0.496 e. The lowest BCUT2D eigenvalue weighted by Gasteiger charge is -2.26. The summed E-state index contributed by atoms with van der Waals surface area (Å²) < 4.78 is 11.9. The van der Waals surface area contributed by atoms with Gasteiger partial charge in [-0.25, -0.2) is 0 Å². The monoisotopic (exact) mass is 347 g/mol. The van der Waals surface area contributed by atoms with Crippen molar-refractivity contribution in [1.82, 2.24) is 0 Å². The lowest BCUT2D eigenvalue weighted by molar-refractivity contribution is 0.270. The van der Waals surface area contributed by atoms with Gasteiger partial charge in [-0.1, -0.05) is 18.2 Å². The van der Waals surface area contributed by atoms with Crippen LogP contribution in [0.4, 0.5) is 5.69 Å². The predicted molar refractivity (Wildman–Crippen MR) is 88.5 cm³/mol. The molecule has 21 heavy (non-hydrogen) atoms. The van der Waals surface area contributed by atoms with E-state index in [0.29, 0.717) is 5.92 Å². The molecule has 1 atom stereocenters. The molecule has 0 bridgehead atoms. The lowest BCUT2D eigenvalue weighted by Crippen LogP contribution is -2.20. The van der Waals surface area contributed by atoms with Gasteiger partial charge in [0.25, 0.3) is 0 Å². The Kier molecular flexibility index (Phi) is 4.34. The zero-order valence-electron chi connectivity index (χ0n) is 11.9. The van der Waals surface area contributed by atoms with Crippen molar-refractivity contribution in [2.24, 2.45) is 0 Å². The van der Waals surface area contributed by atoms with Crippen molar-refractivity contribution in [2.45, 2.75) is 12.3 Å². The third kappa shape index (κ3) is 3.16. The Morgan fingerprint density at radius 3 is 2.95 bits per heavy atom. The van der Waals surface area contributed by atoms with Crippen LogP contribution < -0.4 is 14.8 Å². The van der Waals surface area contributed by atoms with Gasteiger partial charge in [0.05, 0.1) is 18.2 Å². The van der Waals surface area contributed by atoms with Crippen LogP contribution in [-0.2, 0) is 0 Å². The minimum absolute atomic E-state index is 0.482. The first-order chi connectivity index (χ1) is 10.3. The Morgan fingerprint density at radius 1 is 1.29 bits per heavy atom. The van der Waals surface area contributed by atoms with Crippen molar-refractivity contribution >= 4 is 21.6 Å². The first-order valence-electron chi connectivity index (χ1n) is 7.07. The van der Waals surface area contributed by atoms with E-state index in [1.54, 1.807) is 7.11 Å². The standard InChI is InChI=1S/C17H18BrNO2/c1-20-17-7-6-13(10-15(17)18)19-11-12-8-9-21-16-5-3-2-4-14(12)16/h2-7,10,12,19H,8-9,11H2,1H3. The van der Waals surface area contributed by atoms with Gasteiger partial charge < -0.3 is 14.8 Å². The second kappa shape index (κ2) is 6.39. The Balaban J connectivity index is 1.70. The Hall–Kier alpha value is -1.68. The van der Waals surface area contributed by atoms with Crippen molar-refractivity contribution in [3.05, 3.63) is 52.5 Å². The van der Waals surface area contributed by atoms with Crippen LogP contribution in [0.25, 0.3) is 0 Å². The normalized spacial score (nSPS) is 16.8. The van der Waals surface area contributed by atoms with Crippen LogP contribution in [0.5, 0.6) is 11.5 Å². The summed E-state index contributed by atoms with van der Waals surface area (Å²) in [6.45, 7) is 1.69. The van der Waals surface area contributed by atoms with Crippen LogP contribution in [0, 0.1) is 0 Å². The summed E-state index contributed by atoms with van der Waals surface area (Å²) in [5, 5.41) is 3.51. The van der Waals surface area contributed by atoms with Gasteiger partial charge in [-0.15, -0.1) is 0 Å². The Morgan fingerprint density at radius 2 is 2.14 bits per heavy atom. The van der Waals surface area contributed by atoms with E-state index in [2.05, 4.69) is 33.4 Å². The molecule has 0 spiro atoms. The van der Waals surface area contributed by atoms with E-state index in [1.807, 2.05) is 30.3 Å². The topological polar surface area (TPSA) is 30.5 Å². The number of halogens is 1. The number of fused-ring (bicyclic) bond motifs is 1. The molecule has 0 aliphatic carbocycles. The van der Waals surface area contributed by atoms with Crippen molar-refractivity contribution in [3.63, 3.8) is 0 Å². The van der Waals surface area contributed by atoms with E-state index in [4.69, 9.17) is 9.47 Å². The van der Waals surface area contributed by atoms with Crippen LogP contribution in [-0.4, -0.2) is 20.3 Å². The van der Waals surface area contributed by atoms with Crippen LogP contribution in [0.15, 0.2) is 46.9 Å². The summed E-state index contributed by atoms with van der Waals surface area (Å²) in [5.41, 5.74) is 2.38. The SMILES string of the molecule is COc1ccc(NCC2CCOc3ccccc32)cc1Br. The summed E-state index contributed by atoms with van der Waals surface area (Å²) >= 11 is 3.51. The van der Waals surface area contributed by atoms with Crippen LogP contribution >= 0.6 is 15.9 Å². The zero-order chi connectivity index (χ0) is 14.7. The number of hydrogen-bond donors (Lipinski definition) is 1. The number of methoxy groups -OCH3 is 1. The second-order valence-corrected chi connectivity index (χ2v) is 5.96.